The van der Waals surface area contributed by atoms with Gasteiger partial charge in [-0.2, -0.15) is 0 Å². The highest BCUT2D eigenvalue weighted by molar-refractivity contribution is 6.04. The molecule has 0 N–H and O–H groups in total. The highest BCUT2D eigenvalue weighted by Crippen LogP contribution is 2.16. The molecule has 3 rings (SSSR count). The number of aromatic nitrogens is 2. The fourth-order valence-corrected chi connectivity index (χ4v) is 2.82. The zero-order valence-corrected chi connectivity index (χ0v) is 15.2. The molecule has 0 fully saturated rings. The average molecular weight is 349 g/mol. The average Bonchev–Trinajstić information content (AvgIpc) is 2.70. The van der Waals surface area contributed by atoms with E-state index < -0.39 is 0 Å². The molecule has 3 aromatic rings. The first-order chi connectivity index (χ1) is 12.7. The summed E-state index contributed by atoms with van der Waals surface area (Å²) < 4.78 is 5.79. The molecule has 5 nitrogen and oxygen atoms in total. The molecule has 0 aliphatic heterocycles. The van der Waals surface area contributed by atoms with Crippen molar-refractivity contribution in [1.82, 2.24) is 14.9 Å². The van der Waals surface area contributed by atoms with Gasteiger partial charge >= 0.3 is 0 Å². The number of nitrogens with zero attached hydrogens (tertiary/aromatic N) is 3. The Morgan fingerprint density at radius 1 is 1.12 bits per heavy atom. The summed E-state index contributed by atoms with van der Waals surface area (Å²) in [7, 11) is 1.80. The van der Waals surface area contributed by atoms with Crippen LogP contribution < -0.4 is 4.74 Å². The minimum absolute atomic E-state index is 0.0518. The molecule has 1 aromatic heterocycles. The van der Waals surface area contributed by atoms with Gasteiger partial charge in [-0.25, -0.2) is 0 Å². The molecular weight excluding hydrogens is 326 g/mol. The summed E-state index contributed by atoms with van der Waals surface area (Å²) in [6, 6.07) is 13.6. The van der Waals surface area contributed by atoms with Crippen LogP contribution in [0.1, 0.15) is 29.3 Å². The zero-order valence-electron chi connectivity index (χ0n) is 15.2. The molecule has 5 heteroatoms. The van der Waals surface area contributed by atoms with Gasteiger partial charge in [0.15, 0.2) is 0 Å². The van der Waals surface area contributed by atoms with Crippen LogP contribution in [0.4, 0.5) is 0 Å². The van der Waals surface area contributed by atoms with E-state index in [9.17, 15) is 4.79 Å². The summed E-state index contributed by atoms with van der Waals surface area (Å²) >= 11 is 0. The Morgan fingerprint density at radius 2 is 1.92 bits per heavy atom. The minimum Gasteiger partial charge on any atom is -0.494 e. The van der Waals surface area contributed by atoms with E-state index in [1.165, 1.54) is 5.56 Å². The summed E-state index contributed by atoms with van der Waals surface area (Å²) in [6.45, 7) is 3.31. The Hall–Kier alpha value is -2.95. The first-order valence-corrected chi connectivity index (χ1v) is 8.86. The lowest BCUT2D eigenvalue weighted by Gasteiger charge is -2.18. The molecule has 0 spiro atoms. The van der Waals surface area contributed by atoms with Gasteiger partial charge < -0.3 is 9.64 Å². The number of benzene rings is 2. The molecule has 0 atom stereocenters. The maximum absolute atomic E-state index is 12.7. The Balaban J connectivity index is 1.56. The Labute approximate surface area is 153 Å². The second kappa shape index (κ2) is 8.43. The van der Waals surface area contributed by atoms with E-state index in [0.29, 0.717) is 24.2 Å². The van der Waals surface area contributed by atoms with Gasteiger partial charge in [-0.3, -0.25) is 14.8 Å². The van der Waals surface area contributed by atoms with Crippen molar-refractivity contribution in [3.63, 3.8) is 0 Å². The normalized spacial score (nSPS) is 10.7. The first-order valence-electron chi connectivity index (χ1n) is 8.86. The van der Waals surface area contributed by atoms with Crippen LogP contribution in [-0.2, 0) is 6.42 Å². The number of ether oxygens (including phenoxy) is 1. The summed E-state index contributed by atoms with van der Waals surface area (Å²) in [5, 5.41) is 0. The van der Waals surface area contributed by atoms with Crippen molar-refractivity contribution in [3.05, 3.63) is 66.0 Å². The number of fused-ring (bicyclic) bond motifs is 1. The molecule has 0 unspecified atom stereocenters. The van der Waals surface area contributed by atoms with E-state index in [2.05, 4.69) is 29.0 Å². The van der Waals surface area contributed by atoms with Gasteiger partial charge in [-0.15, -0.1) is 0 Å². The molecule has 26 heavy (non-hydrogen) atoms. The fourth-order valence-electron chi connectivity index (χ4n) is 2.82. The minimum atomic E-state index is -0.0518. The predicted molar refractivity (Wildman–Crippen MR) is 102 cm³/mol. The van der Waals surface area contributed by atoms with Crippen LogP contribution in [0.2, 0.25) is 0 Å². The maximum atomic E-state index is 12.7. The third-order valence-electron chi connectivity index (χ3n) is 4.29. The van der Waals surface area contributed by atoms with Gasteiger partial charge in [0.25, 0.3) is 5.91 Å². The Kier molecular flexibility index (Phi) is 5.79. The van der Waals surface area contributed by atoms with E-state index in [-0.39, 0.29) is 5.91 Å². The molecule has 0 saturated carbocycles. The number of hydrogen-bond donors (Lipinski definition) is 0. The van der Waals surface area contributed by atoms with Gasteiger partial charge in [-0.1, -0.05) is 25.1 Å². The van der Waals surface area contributed by atoms with Crippen molar-refractivity contribution in [2.24, 2.45) is 0 Å². The van der Waals surface area contributed by atoms with Crippen molar-refractivity contribution >= 4 is 16.9 Å². The standard InChI is InChI=1S/C21H23N3O2/c1-3-16-7-4-8-17(15-16)26-14-6-13-24(2)21(25)18-9-5-10-19-20(18)23-12-11-22-19/h4-5,7-12,15H,3,6,13-14H2,1-2H3. The molecule has 2 aromatic carbocycles. The summed E-state index contributed by atoms with van der Waals surface area (Å²) in [4.78, 5) is 23.0. The van der Waals surface area contributed by atoms with E-state index in [1.54, 1.807) is 30.4 Å². The van der Waals surface area contributed by atoms with Crippen LogP contribution in [0.15, 0.2) is 54.9 Å². The van der Waals surface area contributed by atoms with Crippen molar-refractivity contribution in [2.45, 2.75) is 19.8 Å². The van der Waals surface area contributed by atoms with Gasteiger partial charge in [0.1, 0.15) is 11.3 Å². The molecular formula is C21H23N3O2. The van der Waals surface area contributed by atoms with Crippen LogP contribution in [-0.4, -0.2) is 41.0 Å². The second-order valence-electron chi connectivity index (χ2n) is 6.16. The molecule has 0 aliphatic rings. The summed E-state index contributed by atoms with van der Waals surface area (Å²) in [5.74, 6) is 0.826. The van der Waals surface area contributed by atoms with Gasteiger partial charge in [0, 0.05) is 26.0 Å². The van der Waals surface area contributed by atoms with Crippen molar-refractivity contribution in [1.29, 1.82) is 0 Å². The SMILES string of the molecule is CCc1cccc(OCCCN(C)C(=O)c2cccc3nccnc23)c1. The summed E-state index contributed by atoms with van der Waals surface area (Å²) in [6.07, 6.45) is 4.99. The van der Waals surface area contributed by atoms with Crippen LogP contribution in [0.5, 0.6) is 5.75 Å². The molecule has 1 heterocycles. The monoisotopic (exact) mass is 349 g/mol. The topological polar surface area (TPSA) is 55.3 Å². The Morgan fingerprint density at radius 3 is 2.77 bits per heavy atom. The van der Waals surface area contributed by atoms with E-state index in [4.69, 9.17) is 4.74 Å². The fraction of sp³-hybridized carbons (Fsp3) is 0.286. The van der Waals surface area contributed by atoms with E-state index in [1.807, 2.05) is 24.3 Å². The number of hydrogen-bond acceptors (Lipinski definition) is 4. The highest BCUT2D eigenvalue weighted by Gasteiger charge is 2.15. The van der Waals surface area contributed by atoms with Crippen LogP contribution >= 0.6 is 0 Å². The lowest BCUT2D eigenvalue weighted by molar-refractivity contribution is 0.0789. The number of amides is 1. The lowest BCUT2D eigenvalue weighted by atomic mass is 10.1. The predicted octanol–water partition coefficient (Wildman–Crippen LogP) is 3.73. The number of aryl methyl sites for hydroxylation is 1. The van der Waals surface area contributed by atoms with Crippen molar-refractivity contribution < 1.29 is 9.53 Å². The maximum Gasteiger partial charge on any atom is 0.255 e. The van der Waals surface area contributed by atoms with Gasteiger partial charge in [-0.05, 0) is 42.7 Å². The van der Waals surface area contributed by atoms with Crippen molar-refractivity contribution in [2.75, 3.05) is 20.2 Å². The van der Waals surface area contributed by atoms with E-state index in [0.717, 1.165) is 24.1 Å². The second-order valence-corrected chi connectivity index (χ2v) is 6.16. The smallest absolute Gasteiger partial charge is 0.255 e. The molecule has 0 bridgehead atoms. The molecule has 0 saturated heterocycles. The number of rotatable bonds is 7. The van der Waals surface area contributed by atoms with Crippen LogP contribution in [0.3, 0.4) is 0 Å². The largest absolute Gasteiger partial charge is 0.494 e. The van der Waals surface area contributed by atoms with Crippen molar-refractivity contribution in [3.8, 4) is 5.75 Å². The number of carbonyl (C=O) groups is 1. The first kappa shape index (κ1) is 17.9. The molecule has 0 aliphatic carbocycles. The number of carbonyl (C=O) groups excluding carboxylic acids is 1. The molecule has 1 amide bonds. The zero-order chi connectivity index (χ0) is 18.4. The summed E-state index contributed by atoms with van der Waals surface area (Å²) in [5.41, 5.74) is 3.20. The Bertz CT molecular complexity index is 890. The van der Waals surface area contributed by atoms with Crippen LogP contribution in [0.25, 0.3) is 11.0 Å². The molecule has 0 radical (unpaired) electrons. The highest BCUT2D eigenvalue weighted by atomic mass is 16.5. The molecule has 134 valence electrons. The third kappa shape index (κ3) is 4.17. The quantitative estimate of drug-likeness (QED) is 0.610. The van der Waals surface area contributed by atoms with E-state index >= 15 is 0 Å². The lowest BCUT2D eigenvalue weighted by Crippen LogP contribution is -2.29. The third-order valence-corrected chi connectivity index (χ3v) is 4.29. The van der Waals surface area contributed by atoms with Crippen LogP contribution in [0, 0.1) is 0 Å². The van der Waals surface area contributed by atoms with Gasteiger partial charge in [0.2, 0.25) is 0 Å². The number of para-hydroxylation sites is 1. The van der Waals surface area contributed by atoms with Gasteiger partial charge in [0.05, 0.1) is 17.7 Å².